The molecule has 0 amide bonds. The maximum Gasteiger partial charge on any atom is 0.106 e. The summed E-state index contributed by atoms with van der Waals surface area (Å²) in [7, 11) is 0. The normalized spacial score (nSPS) is 36.6. The summed E-state index contributed by atoms with van der Waals surface area (Å²) in [6, 6.07) is 0.735. The van der Waals surface area contributed by atoms with Gasteiger partial charge in [0.05, 0.1) is 18.2 Å². The van der Waals surface area contributed by atoms with Crippen LogP contribution in [-0.2, 0) is 0 Å². The van der Waals surface area contributed by atoms with E-state index in [1.165, 1.54) is 12.8 Å². The van der Waals surface area contributed by atoms with E-state index in [1.807, 2.05) is 0 Å². The lowest BCUT2D eigenvalue weighted by molar-refractivity contribution is -0.675. The summed E-state index contributed by atoms with van der Waals surface area (Å²) in [6.45, 7) is 0.748. The van der Waals surface area contributed by atoms with Crippen molar-refractivity contribution in [1.82, 2.24) is 0 Å². The van der Waals surface area contributed by atoms with Crippen molar-refractivity contribution in [2.45, 2.75) is 56.5 Å². The zero-order chi connectivity index (χ0) is 10.8. The molecule has 0 heterocycles. The molecule has 96 valence electrons. The van der Waals surface area contributed by atoms with E-state index in [2.05, 4.69) is 5.32 Å². The van der Waals surface area contributed by atoms with Crippen molar-refractivity contribution in [3.05, 3.63) is 0 Å². The van der Waals surface area contributed by atoms with Crippen LogP contribution in [0.5, 0.6) is 0 Å². The van der Waals surface area contributed by atoms with E-state index < -0.39 is 12.2 Å². The van der Waals surface area contributed by atoms with Crippen molar-refractivity contribution in [1.29, 1.82) is 0 Å². The average molecular weight is 252 g/mol. The Morgan fingerprint density at radius 3 is 2.31 bits per heavy atom. The van der Waals surface area contributed by atoms with Gasteiger partial charge in [0.1, 0.15) is 12.6 Å². The summed E-state index contributed by atoms with van der Waals surface area (Å²) in [5.41, 5.74) is 0. The monoisotopic (exact) mass is 251 g/mol. The molecule has 0 aliphatic heterocycles. The first-order chi connectivity index (χ1) is 7.16. The van der Waals surface area contributed by atoms with Gasteiger partial charge in [-0.15, -0.1) is 0 Å². The van der Waals surface area contributed by atoms with Gasteiger partial charge < -0.3 is 33.0 Å². The fraction of sp³-hybridized carbons (Fsp3) is 1.00. The fourth-order valence-corrected chi connectivity index (χ4v) is 2.37. The molecule has 0 bridgehead atoms. The van der Waals surface area contributed by atoms with E-state index >= 15 is 0 Å². The Kier molecular flexibility index (Phi) is 5.47. The Bertz CT molecular complexity index is 213. The van der Waals surface area contributed by atoms with Gasteiger partial charge in [-0.3, -0.25) is 0 Å². The maximum atomic E-state index is 9.93. The van der Waals surface area contributed by atoms with E-state index in [0.717, 1.165) is 19.0 Å². The van der Waals surface area contributed by atoms with Crippen LogP contribution >= 0.6 is 0 Å². The number of hydrogen-bond acceptors (Lipinski definition) is 3. The van der Waals surface area contributed by atoms with Crippen LogP contribution in [0.4, 0.5) is 0 Å². The number of rotatable bonds is 4. The second-order valence-electron chi connectivity index (χ2n) is 5.08. The van der Waals surface area contributed by atoms with Crippen LogP contribution in [0.15, 0.2) is 0 Å². The number of quaternary nitrogens is 1. The predicted octanol–water partition coefficient (Wildman–Crippen LogP) is -4.40. The zero-order valence-electron chi connectivity index (χ0n) is 9.43. The molecule has 0 radical (unpaired) electrons. The van der Waals surface area contributed by atoms with Crippen LogP contribution in [0.1, 0.15) is 32.1 Å². The smallest absolute Gasteiger partial charge is 0.106 e. The SMILES string of the molecule is OC1CCC(C(O)C[NH2+]C2CC2)CC1O.[Cl-]. The fourth-order valence-electron chi connectivity index (χ4n) is 2.37. The van der Waals surface area contributed by atoms with Crippen molar-refractivity contribution < 1.29 is 33.0 Å². The largest absolute Gasteiger partial charge is 1.00 e. The summed E-state index contributed by atoms with van der Waals surface area (Å²) in [5, 5.41) is 31.0. The van der Waals surface area contributed by atoms with Gasteiger partial charge >= 0.3 is 0 Å². The predicted molar refractivity (Wildman–Crippen MR) is 55.2 cm³/mol. The molecule has 0 spiro atoms. The van der Waals surface area contributed by atoms with Gasteiger partial charge in [0.15, 0.2) is 0 Å². The molecular weight excluding hydrogens is 230 g/mol. The highest BCUT2D eigenvalue weighted by Crippen LogP contribution is 2.27. The third kappa shape index (κ3) is 3.86. The lowest BCUT2D eigenvalue weighted by atomic mass is 9.82. The van der Waals surface area contributed by atoms with Crippen molar-refractivity contribution in [2.24, 2.45) is 5.92 Å². The van der Waals surface area contributed by atoms with Gasteiger partial charge in [-0.25, -0.2) is 0 Å². The molecule has 16 heavy (non-hydrogen) atoms. The van der Waals surface area contributed by atoms with Crippen molar-refractivity contribution in [3.8, 4) is 0 Å². The van der Waals surface area contributed by atoms with E-state index in [9.17, 15) is 15.3 Å². The van der Waals surface area contributed by atoms with Crippen LogP contribution in [0.2, 0.25) is 0 Å². The Labute approximate surface area is 102 Å². The Morgan fingerprint density at radius 1 is 1.06 bits per heavy atom. The van der Waals surface area contributed by atoms with E-state index in [-0.39, 0.29) is 24.4 Å². The Balaban J connectivity index is 0.00000128. The molecule has 0 aromatic heterocycles. The van der Waals surface area contributed by atoms with E-state index in [1.54, 1.807) is 0 Å². The van der Waals surface area contributed by atoms with Gasteiger partial charge in [-0.05, 0) is 25.2 Å². The lowest BCUT2D eigenvalue weighted by Gasteiger charge is -2.32. The first kappa shape index (κ1) is 14.2. The van der Waals surface area contributed by atoms with Crippen LogP contribution in [0.3, 0.4) is 0 Å². The summed E-state index contributed by atoms with van der Waals surface area (Å²) in [5.74, 6) is 0.165. The molecular formula is C11H22ClNO3. The molecule has 2 saturated carbocycles. The number of hydrogen-bond donors (Lipinski definition) is 4. The molecule has 0 saturated heterocycles. The van der Waals surface area contributed by atoms with Crippen molar-refractivity contribution in [2.75, 3.05) is 6.54 Å². The molecule has 4 atom stereocenters. The molecule has 5 heteroatoms. The van der Waals surface area contributed by atoms with Crippen molar-refractivity contribution in [3.63, 3.8) is 0 Å². The van der Waals surface area contributed by atoms with Gasteiger partial charge in [0, 0.05) is 12.8 Å². The summed E-state index contributed by atoms with van der Waals surface area (Å²) in [6.07, 6.45) is 3.00. The second kappa shape index (κ2) is 6.17. The number of aliphatic hydroxyl groups is 3. The third-order valence-electron chi connectivity index (χ3n) is 3.70. The average Bonchev–Trinajstić information content (AvgIpc) is 3.02. The van der Waals surface area contributed by atoms with Gasteiger partial charge in [0.2, 0.25) is 0 Å². The molecule has 2 aliphatic carbocycles. The summed E-state index contributed by atoms with van der Waals surface area (Å²) < 4.78 is 0. The van der Waals surface area contributed by atoms with Crippen LogP contribution in [-0.4, -0.2) is 46.2 Å². The highest BCUT2D eigenvalue weighted by Gasteiger charge is 2.33. The highest BCUT2D eigenvalue weighted by atomic mass is 35.5. The van der Waals surface area contributed by atoms with E-state index in [0.29, 0.717) is 12.8 Å². The summed E-state index contributed by atoms with van der Waals surface area (Å²) >= 11 is 0. The minimum absolute atomic E-state index is 0. The summed E-state index contributed by atoms with van der Waals surface area (Å²) in [4.78, 5) is 0. The molecule has 2 aliphatic rings. The number of nitrogens with two attached hydrogens (primary N) is 1. The first-order valence-electron chi connectivity index (χ1n) is 6.04. The molecule has 2 fully saturated rings. The Morgan fingerprint density at radius 2 is 1.75 bits per heavy atom. The van der Waals surface area contributed by atoms with Crippen molar-refractivity contribution >= 4 is 0 Å². The quantitative estimate of drug-likeness (QED) is 0.408. The molecule has 4 nitrogen and oxygen atoms in total. The maximum absolute atomic E-state index is 9.93. The molecule has 4 unspecified atom stereocenters. The highest BCUT2D eigenvalue weighted by molar-refractivity contribution is 4.82. The second-order valence-corrected chi connectivity index (χ2v) is 5.08. The standard InChI is InChI=1S/C11H21NO3.ClH/c13-9-4-1-7(5-10(9)14)11(15)6-12-8-2-3-8;/h7-15H,1-6H2;1H. The minimum atomic E-state index is -0.640. The van der Waals surface area contributed by atoms with Crippen LogP contribution in [0, 0.1) is 5.92 Å². The lowest BCUT2D eigenvalue weighted by Crippen LogP contribution is -3.00. The Hall–Kier alpha value is 0.130. The van der Waals surface area contributed by atoms with Gasteiger partial charge in [0.25, 0.3) is 0 Å². The zero-order valence-corrected chi connectivity index (χ0v) is 10.2. The number of halogens is 1. The molecule has 0 aromatic carbocycles. The van der Waals surface area contributed by atoms with Crippen LogP contribution in [0.25, 0.3) is 0 Å². The molecule has 0 aromatic rings. The van der Waals surface area contributed by atoms with Crippen LogP contribution < -0.4 is 17.7 Å². The first-order valence-corrected chi connectivity index (χ1v) is 6.04. The minimum Gasteiger partial charge on any atom is -1.00 e. The van der Waals surface area contributed by atoms with Gasteiger partial charge in [-0.2, -0.15) is 0 Å². The number of aliphatic hydroxyl groups excluding tert-OH is 3. The molecule has 5 N–H and O–H groups in total. The van der Waals surface area contributed by atoms with E-state index in [4.69, 9.17) is 0 Å². The molecule has 2 rings (SSSR count). The topological polar surface area (TPSA) is 77.3 Å². The third-order valence-corrected chi connectivity index (χ3v) is 3.70. The van der Waals surface area contributed by atoms with Gasteiger partial charge in [-0.1, -0.05) is 0 Å².